The van der Waals surface area contributed by atoms with E-state index in [0.717, 1.165) is 32.1 Å². The quantitative estimate of drug-likeness (QED) is 0.490. The maximum Gasteiger partial charge on any atom is 0.287 e. The Balaban J connectivity index is 1.80. The van der Waals surface area contributed by atoms with Crippen molar-refractivity contribution in [2.75, 3.05) is 7.05 Å². The van der Waals surface area contributed by atoms with Crippen molar-refractivity contribution in [3.05, 3.63) is 67.6 Å². The first-order valence-corrected chi connectivity index (χ1v) is 8.58. The lowest BCUT2D eigenvalue weighted by Gasteiger charge is -2.16. The number of carbonyl (C=O) groups excluding carboxylic acids is 1. The zero-order valence-corrected chi connectivity index (χ0v) is 15.0. The van der Waals surface area contributed by atoms with Crippen LogP contribution in [0.4, 0.5) is 5.69 Å². The first-order valence-electron chi connectivity index (χ1n) is 7.76. The first kappa shape index (κ1) is 18.2. The van der Waals surface area contributed by atoms with E-state index in [1.54, 1.807) is 13.1 Å². The highest BCUT2D eigenvalue weighted by Crippen LogP contribution is 2.22. The molecule has 0 aliphatic heterocycles. The van der Waals surface area contributed by atoms with Crippen LogP contribution in [0.1, 0.15) is 10.6 Å². The van der Waals surface area contributed by atoms with Crippen molar-refractivity contribution < 1.29 is 9.72 Å². The molecule has 1 aromatic carbocycles. The molecule has 0 saturated heterocycles. The Labute approximate surface area is 156 Å². The number of pyridine rings is 1. The van der Waals surface area contributed by atoms with Crippen LogP contribution in [-0.2, 0) is 17.9 Å². The fourth-order valence-corrected chi connectivity index (χ4v) is 3.48. The SMILES string of the molecule is CN(Cc1nc2ccccc2s1)C(=O)Cn1cc([N+](=O)[O-])cc(C#N)c1=O. The number of aromatic nitrogens is 2. The molecule has 0 unspecified atom stereocenters. The van der Waals surface area contributed by atoms with Crippen LogP contribution in [0.2, 0.25) is 0 Å². The molecule has 0 saturated carbocycles. The topological polar surface area (TPSA) is 122 Å². The van der Waals surface area contributed by atoms with E-state index in [1.807, 2.05) is 24.3 Å². The van der Waals surface area contributed by atoms with Gasteiger partial charge in [0.15, 0.2) is 0 Å². The Morgan fingerprint density at radius 3 is 2.85 bits per heavy atom. The van der Waals surface area contributed by atoms with E-state index in [1.165, 1.54) is 16.2 Å². The Hall–Kier alpha value is -3.58. The molecule has 0 aliphatic carbocycles. The van der Waals surface area contributed by atoms with E-state index in [-0.39, 0.29) is 12.1 Å². The number of hydrogen-bond donors (Lipinski definition) is 0. The Bertz CT molecular complexity index is 1110. The summed E-state index contributed by atoms with van der Waals surface area (Å²) in [6.45, 7) is -0.163. The minimum atomic E-state index is -0.746. The van der Waals surface area contributed by atoms with Gasteiger partial charge in [-0.2, -0.15) is 5.26 Å². The fraction of sp³-hybridized carbons (Fsp3) is 0.176. The van der Waals surface area contributed by atoms with E-state index in [9.17, 15) is 19.7 Å². The fourth-order valence-electron chi connectivity index (χ4n) is 2.46. The van der Waals surface area contributed by atoms with Gasteiger partial charge < -0.3 is 4.90 Å². The second-order valence-electron chi connectivity index (χ2n) is 5.74. The highest BCUT2D eigenvalue weighted by molar-refractivity contribution is 7.18. The van der Waals surface area contributed by atoms with Gasteiger partial charge in [-0.05, 0) is 12.1 Å². The van der Waals surface area contributed by atoms with Gasteiger partial charge in [0.1, 0.15) is 23.2 Å². The molecule has 0 N–H and O–H groups in total. The lowest BCUT2D eigenvalue weighted by Crippen LogP contribution is -2.34. The third-order valence-corrected chi connectivity index (χ3v) is 4.87. The zero-order valence-electron chi connectivity index (χ0n) is 14.2. The summed E-state index contributed by atoms with van der Waals surface area (Å²) < 4.78 is 1.88. The van der Waals surface area contributed by atoms with Gasteiger partial charge in [-0.15, -0.1) is 11.3 Å². The smallest absolute Gasteiger partial charge is 0.287 e. The predicted molar refractivity (Wildman–Crippen MR) is 98.2 cm³/mol. The van der Waals surface area contributed by atoms with Crippen molar-refractivity contribution in [2.24, 2.45) is 0 Å². The molecule has 27 heavy (non-hydrogen) atoms. The molecule has 2 heterocycles. The predicted octanol–water partition coefficient (Wildman–Crippen LogP) is 1.90. The summed E-state index contributed by atoms with van der Waals surface area (Å²) >= 11 is 1.46. The second-order valence-corrected chi connectivity index (χ2v) is 6.85. The molecule has 0 fully saturated rings. The van der Waals surface area contributed by atoms with E-state index < -0.39 is 28.6 Å². The van der Waals surface area contributed by atoms with Crippen molar-refractivity contribution >= 4 is 33.1 Å². The average molecular weight is 383 g/mol. The van der Waals surface area contributed by atoms with Crippen LogP contribution in [0.15, 0.2) is 41.3 Å². The van der Waals surface area contributed by atoms with Gasteiger partial charge in [-0.1, -0.05) is 12.1 Å². The number of nitrogens with zero attached hydrogens (tertiary/aromatic N) is 5. The molecule has 136 valence electrons. The minimum absolute atomic E-state index is 0.243. The number of rotatable bonds is 5. The molecule has 3 aromatic rings. The second kappa shape index (κ2) is 7.35. The third kappa shape index (κ3) is 3.83. The Morgan fingerprint density at radius 2 is 2.19 bits per heavy atom. The van der Waals surface area contributed by atoms with Gasteiger partial charge >= 0.3 is 0 Å². The summed E-state index contributed by atoms with van der Waals surface area (Å²) in [5, 5.41) is 20.7. The van der Waals surface area contributed by atoms with Gasteiger partial charge in [-0.3, -0.25) is 24.3 Å². The zero-order chi connectivity index (χ0) is 19.6. The maximum atomic E-state index is 12.5. The Morgan fingerprint density at radius 1 is 1.44 bits per heavy atom. The number of para-hydroxylation sites is 1. The van der Waals surface area contributed by atoms with Crippen LogP contribution in [-0.4, -0.2) is 32.3 Å². The van der Waals surface area contributed by atoms with Gasteiger partial charge in [0, 0.05) is 13.1 Å². The number of amides is 1. The number of carbonyl (C=O) groups is 1. The van der Waals surface area contributed by atoms with Crippen LogP contribution in [0.5, 0.6) is 0 Å². The number of nitro groups is 1. The van der Waals surface area contributed by atoms with Crippen LogP contribution in [0, 0.1) is 21.4 Å². The van der Waals surface area contributed by atoms with E-state index >= 15 is 0 Å². The van der Waals surface area contributed by atoms with Gasteiger partial charge in [-0.25, -0.2) is 4.98 Å². The Kier molecular flexibility index (Phi) is 4.96. The molecular formula is C17H13N5O4S. The van der Waals surface area contributed by atoms with Crippen LogP contribution in [0.3, 0.4) is 0 Å². The van der Waals surface area contributed by atoms with Gasteiger partial charge in [0.25, 0.3) is 11.2 Å². The third-order valence-electron chi connectivity index (χ3n) is 3.84. The minimum Gasteiger partial charge on any atom is -0.337 e. The van der Waals surface area contributed by atoms with Crippen LogP contribution < -0.4 is 5.56 Å². The molecule has 0 aliphatic rings. The number of benzene rings is 1. The first-order chi connectivity index (χ1) is 12.9. The molecule has 0 spiro atoms. The van der Waals surface area contributed by atoms with Crippen molar-refractivity contribution in [1.82, 2.24) is 14.5 Å². The molecule has 3 rings (SSSR count). The highest BCUT2D eigenvalue weighted by atomic mass is 32.1. The van der Waals surface area contributed by atoms with E-state index in [0.29, 0.717) is 0 Å². The number of hydrogen-bond acceptors (Lipinski definition) is 7. The summed E-state index contributed by atoms with van der Waals surface area (Å²) in [5.74, 6) is -0.430. The number of nitriles is 1. The molecule has 10 heteroatoms. The summed E-state index contributed by atoms with van der Waals surface area (Å²) in [6.07, 6.45) is 0.965. The summed E-state index contributed by atoms with van der Waals surface area (Å²) in [6, 6.07) is 10.1. The van der Waals surface area contributed by atoms with E-state index in [2.05, 4.69) is 4.98 Å². The number of thiazole rings is 1. The summed E-state index contributed by atoms with van der Waals surface area (Å²) in [7, 11) is 1.56. The van der Waals surface area contributed by atoms with Crippen molar-refractivity contribution in [3.8, 4) is 6.07 Å². The molecule has 0 atom stereocenters. The average Bonchev–Trinajstić information content (AvgIpc) is 3.05. The molecule has 2 aromatic heterocycles. The molecule has 1 amide bonds. The lowest BCUT2D eigenvalue weighted by molar-refractivity contribution is -0.385. The normalized spacial score (nSPS) is 10.5. The summed E-state index contributed by atoms with van der Waals surface area (Å²) in [5.41, 5.74) is -0.713. The highest BCUT2D eigenvalue weighted by Gasteiger charge is 2.18. The van der Waals surface area contributed by atoms with Crippen LogP contribution >= 0.6 is 11.3 Å². The monoisotopic (exact) mass is 383 g/mol. The molecule has 9 nitrogen and oxygen atoms in total. The van der Waals surface area contributed by atoms with E-state index in [4.69, 9.17) is 5.26 Å². The molecule has 0 radical (unpaired) electrons. The maximum absolute atomic E-state index is 12.5. The lowest BCUT2D eigenvalue weighted by atomic mass is 10.2. The van der Waals surface area contributed by atoms with Crippen molar-refractivity contribution in [1.29, 1.82) is 5.26 Å². The number of fused-ring (bicyclic) bond motifs is 1. The molecule has 0 bridgehead atoms. The largest absolute Gasteiger partial charge is 0.337 e. The van der Waals surface area contributed by atoms with Crippen molar-refractivity contribution in [2.45, 2.75) is 13.1 Å². The number of likely N-dealkylation sites (N-methyl/N-ethyl adjacent to an activating group) is 1. The van der Waals surface area contributed by atoms with Crippen molar-refractivity contribution in [3.63, 3.8) is 0 Å². The molecular weight excluding hydrogens is 370 g/mol. The standard InChI is InChI=1S/C17H13N5O4S/c1-20(9-15-19-13-4-2-3-5-14(13)27-15)16(23)10-21-8-12(22(25)26)6-11(7-18)17(21)24/h2-6,8H,9-10H2,1H3. The summed E-state index contributed by atoms with van der Waals surface area (Å²) in [4.78, 5) is 40.7. The van der Waals surface area contributed by atoms with Crippen LogP contribution in [0.25, 0.3) is 10.2 Å². The van der Waals surface area contributed by atoms with Gasteiger partial charge in [0.05, 0.1) is 27.9 Å². The van der Waals surface area contributed by atoms with Gasteiger partial charge in [0.2, 0.25) is 5.91 Å².